The van der Waals surface area contributed by atoms with E-state index in [0.717, 1.165) is 49.1 Å². The lowest BCUT2D eigenvalue weighted by Crippen LogP contribution is -2.49. The van der Waals surface area contributed by atoms with Gasteiger partial charge in [0.2, 0.25) is 5.91 Å². The molecule has 2 rings (SSSR count). The number of nitrogens with one attached hydrogen (secondary N) is 2. The van der Waals surface area contributed by atoms with Crippen molar-refractivity contribution in [3.05, 3.63) is 15.6 Å². The Morgan fingerprint density at radius 1 is 1.43 bits per heavy atom. The minimum atomic E-state index is -0.260. The van der Waals surface area contributed by atoms with E-state index in [0.29, 0.717) is 12.6 Å². The van der Waals surface area contributed by atoms with E-state index in [4.69, 9.17) is 5.73 Å². The van der Waals surface area contributed by atoms with Crippen molar-refractivity contribution in [3.8, 4) is 0 Å². The maximum Gasteiger partial charge on any atom is 0.231 e. The molecule has 1 amide bonds. The van der Waals surface area contributed by atoms with Crippen LogP contribution in [-0.2, 0) is 11.3 Å². The van der Waals surface area contributed by atoms with Gasteiger partial charge >= 0.3 is 0 Å². The van der Waals surface area contributed by atoms with Crippen LogP contribution in [0.2, 0.25) is 0 Å². The molecule has 8 heteroatoms. The van der Waals surface area contributed by atoms with Gasteiger partial charge in [0.1, 0.15) is 0 Å². The van der Waals surface area contributed by atoms with E-state index < -0.39 is 0 Å². The third-order valence-electron chi connectivity index (χ3n) is 3.95. The van der Waals surface area contributed by atoms with E-state index >= 15 is 0 Å². The summed E-state index contributed by atoms with van der Waals surface area (Å²) in [4.78, 5) is 23.0. The number of nitrogens with two attached hydrogens (primary N) is 1. The minimum Gasteiger partial charge on any atom is -0.369 e. The lowest BCUT2D eigenvalue weighted by Gasteiger charge is -2.32. The normalized spacial score (nSPS) is 17.3. The molecule has 1 aliphatic heterocycles. The number of thiazole rings is 1. The summed E-state index contributed by atoms with van der Waals surface area (Å²) in [6, 6.07) is 0.370. The van der Waals surface area contributed by atoms with E-state index in [9.17, 15) is 4.79 Å². The van der Waals surface area contributed by atoms with Gasteiger partial charge in [0.25, 0.3) is 0 Å². The minimum absolute atomic E-state index is 0.260. The van der Waals surface area contributed by atoms with E-state index in [1.54, 1.807) is 18.4 Å². The molecule has 0 radical (unpaired) electrons. The second-order valence-electron chi connectivity index (χ2n) is 5.83. The fourth-order valence-corrected chi connectivity index (χ4v) is 3.62. The smallest absolute Gasteiger partial charge is 0.231 e. The lowest BCUT2D eigenvalue weighted by atomic mass is 10.1. The quantitative estimate of drug-likeness (QED) is 0.533. The average molecular weight is 338 g/mol. The molecule has 1 aromatic rings. The molecular formula is C15H26N6OS. The van der Waals surface area contributed by atoms with Gasteiger partial charge in [0.05, 0.1) is 23.8 Å². The van der Waals surface area contributed by atoms with Gasteiger partial charge in [-0.15, -0.1) is 11.3 Å². The van der Waals surface area contributed by atoms with Gasteiger partial charge in [-0.2, -0.15) is 0 Å². The number of piperidine rings is 1. The summed E-state index contributed by atoms with van der Waals surface area (Å²) in [7, 11) is 1.78. The number of likely N-dealkylation sites (tertiary alicyclic amines) is 1. The van der Waals surface area contributed by atoms with Crippen molar-refractivity contribution in [3.63, 3.8) is 0 Å². The molecule has 4 N–H and O–H groups in total. The Hall–Kier alpha value is -1.67. The Balaban J connectivity index is 1.77. The highest BCUT2D eigenvalue weighted by molar-refractivity contribution is 7.11. The molecule has 0 bridgehead atoms. The number of carbonyl (C=O) groups is 1. The number of rotatable bonds is 5. The van der Waals surface area contributed by atoms with Crippen LogP contribution in [0.3, 0.4) is 0 Å². The highest BCUT2D eigenvalue weighted by Gasteiger charge is 2.20. The van der Waals surface area contributed by atoms with Crippen LogP contribution in [0.1, 0.15) is 28.4 Å². The standard InChI is InChI=1S/C15H26N6OS/c1-10-13(23-11(2)19-10)8-18-15(17-3)20-12-4-6-21(7-5-12)9-14(16)22/h12H,4-9H2,1-3H3,(H2,16,22)(H2,17,18,20). The third-order valence-corrected chi connectivity index (χ3v) is 5.02. The van der Waals surface area contributed by atoms with Crippen molar-refractivity contribution in [2.24, 2.45) is 10.7 Å². The number of hydrogen-bond acceptors (Lipinski definition) is 5. The molecule has 0 aromatic carbocycles. The monoisotopic (exact) mass is 338 g/mol. The fourth-order valence-electron chi connectivity index (χ4n) is 2.75. The summed E-state index contributed by atoms with van der Waals surface area (Å²) in [5, 5.41) is 7.90. The van der Waals surface area contributed by atoms with Crippen LogP contribution in [-0.4, -0.2) is 54.5 Å². The molecule has 23 heavy (non-hydrogen) atoms. The highest BCUT2D eigenvalue weighted by atomic mass is 32.1. The number of aromatic nitrogens is 1. The molecular weight excluding hydrogens is 312 g/mol. The fraction of sp³-hybridized carbons (Fsp3) is 0.667. The van der Waals surface area contributed by atoms with Crippen molar-refractivity contribution < 1.29 is 4.79 Å². The van der Waals surface area contributed by atoms with Crippen LogP contribution in [0.25, 0.3) is 0 Å². The number of guanidine groups is 1. The summed E-state index contributed by atoms with van der Waals surface area (Å²) in [5.74, 6) is 0.549. The van der Waals surface area contributed by atoms with Gasteiger partial charge in [0.15, 0.2) is 5.96 Å². The first kappa shape index (κ1) is 17.7. The Kier molecular flexibility index (Phi) is 6.35. The van der Waals surface area contributed by atoms with Gasteiger partial charge in [-0.25, -0.2) is 4.98 Å². The molecule has 7 nitrogen and oxygen atoms in total. The van der Waals surface area contributed by atoms with Crippen molar-refractivity contribution in [2.45, 2.75) is 39.3 Å². The van der Waals surface area contributed by atoms with Crippen LogP contribution in [0.4, 0.5) is 0 Å². The number of nitrogens with zero attached hydrogens (tertiary/aromatic N) is 3. The molecule has 1 saturated heterocycles. The Morgan fingerprint density at radius 2 is 2.13 bits per heavy atom. The van der Waals surface area contributed by atoms with Gasteiger partial charge in [-0.05, 0) is 26.7 Å². The first-order valence-electron chi connectivity index (χ1n) is 7.88. The second-order valence-corrected chi connectivity index (χ2v) is 7.12. The molecule has 0 unspecified atom stereocenters. The zero-order valence-corrected chi connectivity index (χ0v) is 14.9. The predicted octanol–water partition coefficient (Wildman–Crippen LogP) is 0.375. The van der Waals surface area contributed by atoms with E-state index in [1.165, 1.54) is 4.88 Å². The van der Waals surface area contributed by atoms with Crippen LogP contribution in [0, 0.1) is 13.8 Å². The van der Waals surface area contributed by atoms with Crippen LogP contribution < -0.4 is 16.4 Å². The average Bonchev–Trinajstić information content (AvgIpc) is 2.82. The Bertz CT molecular complexity index is 562. The number of aryl methyl sites for hydroxylation is 2. The van der Waals surface area contributed by atoms with Gasteiger partial charge in [-0.3, -0.25) is 14.7 Å². The Morgan fingerprint density at radius 3 is 2.65 bits per heavy atom. The topological polar surface area (TPSA) is 95.6 Å². The van der Waals surface area contributed by atoms with Crippen molar-refractivity contribution >= 4 is 23.2 Å². The molecule has 0 spiro atoms. The molecule has 1 aromatic heterocycles. The first-order chi connectivity index (χ1) is 11.0. The number of hydrogen-bond donors (Lipinski definition) is 3. The first-order valence-corrected chi connectivity index (χ1v) is 8.70. The van der Waals surface area contributed by atoms with E-state index in [-0.39, 0.29) is 5.91 Å². The van der Waals surface area contributed by atoms with Gasteiger partial charge in [0, 0.05) is 31.1 Å². The second kappa shape index (κ2) is 8.26. The molecule has 0 atom stereocenters. The van der Waals surface area contributed by atoms with Crippen molar-refractivity contribution in [2.75, 3.05) is 26.7 Å². The number of primary amides is 1. The molecule has 0 aliphatic carbocycles. The largest absolute Gasteiger partial charge is 0.369 e. The maximum absolute atomic E-state index is 11.0. The zero-order chi connectivity index (χ0) is 16.8. The van der Waals surface area contributed by atoms with Crippen LogP contribution >= 0.6 is 11.3 Å². The van der Waals surface area contributed by atoms with Crippen LogP contribution in [0.15, 0.2) is 4.99 Å². The number of carbonyl (C=O) groups excluding carboxylic acids is 1. The SMILES string of the molecule is CN=C(NCc1sc(C)nc1C)NC1CCN(CC(N)=O)CC1. The molecule has 0 saturated carbocycles. The molecule has 1 fully saturated rings. The lowest BCUT2D eigenvalue weighted by molar-refractivity contribution is -0.119. The van der Waals surface area contributed by atoms with Crippen molar-refractivity contribution in [1.82, 2.24) is 20.5 Å². The summed E-state index contributed by atoms with van der Waals surface area (Å²) in [5.41, 5.74) is 6.32. The summed E-state index contributed by atoms with van der Waals surface area (Å²) < 4.78 is 0. The van der Waals surface area contributed by atoms with Crippen molar-refractivity contribution in [1.29, 1.82) is 0 Å². The van der Waals surface area contributed by atoms with E-state index in [2.05, 4.69) is 25.5 Å². The predicted molar refractivity (Wildman–Crippen MR) is 93.6 cm³/mol. The molecule has 2 heterocycles. The zero-order valence-electron chi connectivity index (χ0n) is 14.1. The summed E-state index contributed by atoms with van der Waals surface area (Å²) in [6.07, 6.45) is 1.96. The Labute approximate surface area is 141 Å². The van der Waals surface area contributed by atoms with E-state index in [1.807, 2.05) is 13.8 Å². The molecule has 1 aliphatic rings. The number of amides is 1. The van der Waals surface area contributed by atoms with Crippen LogP contribution in [0.5, 0.6) is 0 Å². The maximum atomic E-state index is 11.0. The third kappa shape index (κ3) is 5.47. The van der Waals surface area contributed by atoms with Gasteiger partial charge in [-0.1, -0.05) is 0 Å². The van der Waals surface area contributed by atoms with Gasteiger partial charge < -0.3 is 16.4 Å². The number of aliphatic imine (C=N–C) groups is 1. The summed E-state index contributed by atoms with van der Waals surface area (Å²) >= 11 is 1.71. The highest BCUT2D eigenvalue weighted by Crippen LogP contribution is 2.16. The molecule has 128 valence electrons. The summed E-state index contributed by atoms with van der Waals surface area (Å²) in [6.45, 7) is 6.90.